The van der Waals surface area contributed by atoms with Gasteiger partial charge in [-0.15, -0.1) is 6.58 Å². The van der Waals surface area contributed by atoms with Crippen molar-refractivity contribution in [1.29, 1.82) is 0 Å². The van der Waals surface area contributed by atoms with Crippen LogP contribution in [0.25, 0.3) is 0 Å². The van der Waals surface area contributed by atoms with E-state index in [4.69, 9.17) is 14.0 Å². The molecule has 3 saturated heterocycles. The summed E-state index contributed by atoms with van der Waals surface area (Å²) in [6, 6.07) is 0. The fourth-order valence-corrected chi connectivity index (χ4v) is 1.88. The highest BCUT2D eigenvalue weighted by Gasteiger charge is 2.70. The van der Waals surface area contributed by atoms with E-state index < -0.39 is 24.3 Å². The second-order valence-corrected chi connectivity index (χ2v) is 4.43. The molecule has 0 aliphatic carbocycles. The maximum absolute atomic E-state index is 10.3. The van der Waals surface area contributed by atoms with E-state index in [-0.39, 0.29) is 13.0 Å². The summed E-state index contributed by atoms with van der Waals surface area (Å²) >= 11 is 0. The Hall–Kier alpha value is -0.395. The van der Waals surface area contributed by atoms with Crippen LogP contribution in [0.15, 0.2) is 12.7 Å². The normalized spacial score (nSPS) is 49.5. The molecule has 3 aliphatic rings. The largest absolute Gasteiger partial charge is 0.643 e. The topological polar surface area (TPSA) is 68.2 Å². The Morgan fingerprint density at radius 2 is 2.00 bits per heavy atom. The minimum absolute atomic E-state index is 0.0381. The summed E-state index contributed by atoms with van der Waals surface area (Å²) in [4.78, 5) is 0. The first-order valence-corrected chi connectivity index (χ1v) is 4.87. The van der Waals surface area contributed by atoms with Crippen LogP contribution >= 0.6 is 0 Å². The Balaban J connectivity index is 2.36. The summed E-state index contributed by atoms with van der Waals surface area (Å²) in [5, 5.41) is 20.4. The van der Waals surface area contributed by atoms with Gasteiger partial charge in [0.2, 0.25) is 0 Å². The number of aliphatic hydroxyl groups is 2. The van der Waals surface area contributed by atoms with Gasteiger partial charge in [-0.25, -0.2) is 0 Å². The first-order valence-electron chi connectivity index (χ1n) is 4.87. The average Bonchev–Trinajstić information content (AvgIpc) is 2.16. The van der Waals surface area contributed by atoms with Crippen molar-refractivity contribution < 1.29 is 24.2 Å². The molecule has 2 N–H and O–H groups in total. The molecule has 3 rings (SSSR count). The van der Waals surface area contributed by atoms with Crippen molar-refractivity contribution in [3.05, 3.63) is 12.7 Å². The van der Waals surface area contributed by atoms with Crippen LogP contribution < -0.4 is 0 Å². The van der Waals surface area contributed by atoms with Crippen molar-refractivity contribution in [3.63, 3.8) is 0 Å². The van der Waals surface area contributed by atoms with E-state index in [1.807, 2.05) is 0 Å². The molecular formula is C9H15BO5. The molecule has 0 aromatic heterocycles. The Morgan fingerprint density at radius 1 is 1.40 bits per heavy atom. The lowest BCUT2D eigenvalue weighted by Gasteiger charge is -2.53. The van der Waals surface area contributed by atoms with Crippen LogP contribution in [0.4, 0.5) is 0 Å². The third kappa shape index (κ3) is 1.30. The second-order valence-electron chi connectivity index (χ2n) is 4.43. The third-order valence-electron chi connectivity index (χ3n) is 3.28. The highest BCUT2D eigenvalue weighted by Crippen LogP contribution is 2.48. The first kappa shape index (κ1) is 11.1. The molecule has 0 spiro atoms. The molecule has 15 heavy (non-hydrogen) atoms. The predicted octanol–water partition coefficient (Wildman–Crippen LogP) is -0.177. The Kier molecular flexibility index (Phi) is 2.26. The summed E-state index contributed by atoms with van der Waals surface area (Å²) in [6.07, 6.45) is 1.86. The monoisotopic (exact) mass is 214 g/mol. The van der Waals surface area contributed by atoms with E-state index >= 15 is 0 Å². The summed E-state index contributed by atoms with van der Waals surface area (Å²) in [5.41, 5.74) is -2.98. The maximum atomic E-state index is 10.3. The smallest absolute Gasteiger partial charge is 0.385 e. The van der Waals surface area contributed by atoms with Crippen LogP contribution in [0.3, 0.4) is 0 Å². The van der Waals surface area contributed by atoms with Crippen molar-refractivity contribution in [3.8, 4) is 0 Å². The molecular weight excluding hydrogens is 199 g/mol. The van der Waals surface area contributed by atoms with E-state index in [1.165, 1.54) is 13.8 Å². The molecule has 3 fully saturated rings. The van der Waals surface area contributed by atoms with Crippen molar-refractivity contribution >= 4 is 7.32 Å². The van der Waals surface area contributed by atoms with Gasteiger partial charge in [0, 0.05) is 6.42 Å². The molecule has 84 valence electrons. The molecule has 3 heterocycles. The van der Waals surface area contributed by atoms with Gasteiger partial charge in [0.1, 0.15) is 11.2 Å². The van der Waals surface area contributed by atoms with Gasteiger partial charge >= 0.3 is 7.32 Å². The quantitative estimate of drug-likeness (QED) is 0.493. The molecule has 0 saturated carbocycles. The van der Waals surface area contributed by atoms with Gasteiger partial charge in [-0.2, -0.15) is 0 Å². The predicted molar refractivity (Wildman–Crippen MR) is 52.7 cm³/mol. The van der Waals surface area contributed by atoms with Crippen LogP contribution in [0.2, 0.25) is 0 Å². The second kappa shape index (κ2) is 3.05. The minimum Gasteiger partial charge on any atom is -0.385 e. The highest BCUT2D eigenvalue weighted by atomic mass is 16.9. The van der Waals surface area contributed by atoms with Crippen molar-refractivity contribution in [1.82, 2.24) is 0 Å². The SMILES string of the molecule is C=CCC12OB(OCC(C)(O)C1(C)O)O2. The molecule has 0 aromatic rings. The Labute approximate surface area is 88.8 Å². The standard InChI is InChI=1S/C9H15BO5/c1-4-5-9-8(3,12)7(2,11)6-13-10(14-9)15-9/h4,11-12H,1,5-6H2,2-3H3. The average molecular weight is 214 g/mol. The van der Waals surface area contributed by atoms with Gasteiger partial charge in [-0.05, 0) is 13.8 Å². The van der Waals surface area contributed by atoms with Crippen molar-refractivity contribution in [2.75, 3.05) is 6.61 Å². The van der Waals surface area contributed by atoms with E-state index in [0.29, 0.717) is 0 Å². The first-order chi connectivity index (χ1) is 6.85. The van der Waals surface area contributed by atoms with Crippen LogP contribution in [0.5, 0.6) is 0 Å². The zero-order valence-electron chi connectivity index (χ0n) is 8.90. The molecule has 0 radical (unpaired) electrons. The molecule has 2 bridgehead atoms. The Bertz CT molecular complexity index is 282. The van der Waals surface area contributed by atoms with Gasteiger partial charge in [-0.1, -0.05) is 6.08 Å². The lowest BCUT2D eigenvalue weighted by molar-refractivity contribution is -0.336. The summed E-state index contributed by atoms with van der Waals surface area (Å²) < 4.78 is 15.8. The summed E-state index contributed by atoms with van der Waals surface area (Å²) in [6.45, 7) is 6.50. The number of rotatable bonds is 2. The van der Waals surface area contributed by atoms with Gasteiger partial charge in [0.25, 0.3) is 0 Å². The fourth-order valence-electron chi connectivity index (χ4n) is 1.88. The zero-order chi connectivity index (χ0) is 11.3. The summed E-state index contributed by atoms with van der Waals surface area (Å²) in [7, 11) is -0.801. The van der Waals surface area contributed by atoms with E-state index in [0.717, 1.165) is 0 Å². The molecule has 0 aromatic carbocycles. The van der Waals surface area contributed by atoms with Crippen molar-refractivity contribution in [2.45, 2.75) is 37.3 Å². The van der Waals surface area contributed by atoms with Gasteiger partial charge < -0.3 is 24.2 Å². The lowest BCUT2D eigenvalue weighted by Crippen LogP contribution is -2.72. The molecule has 0 amide bonds. The summed E-state index contributed by atoms with van der Waals surface area (Å²) in [5.74, 6) is -1.25. The number of hydrogen-bond donors (Lipinski definition) is 2. The molecule has 2 atom stereocenters. The molecule has 5 nitrogen and oxygen atoms in total. The minimum atomic E-state index is -1.55. The van der Waals surface area contributed by atoms with Crippen LogP contribution in [0, 0.1) is 0 Å². The van der Waals surface area contributed by atoms with E-state index in [1.54, 1.807) is 6.08 Å². The van der Waals surface area contributed by atoms with Crippen LogP contribution in [-0.2, 0) is 14.0 Å². The number of hydrogen-bond acceptors (Lipinski definition) is 5. The van der Waals surface area contributed by atoms with E-state index in [2.05, 4.69) is 6.58 Å². The van der Waals surface area contributed by atoms with Gasteiger partial charge in [-0.3, -0.25) is 0 Å². The third-order valence-corrected chi connectivity index (χ3v) is 3.28. The van der Waals surface area contributed by atoms with E-state index in [9.17, 15) is 10.2 Å². The molecule has 6 heteroatoms. The maximum Gasteiger partial charge on any atom is 0.643 e. The van der Waals surface area contributed by atoms with Gasteiger partial charge in [0.15, 0.2) is 5.79 Å². The van der Waals surface area contributed by atoms with Crippen LogP contribution in [0.1, 0.15) is 20.3 Å². The number of fused-ring (bicyclic) bond motifs is 3. The van der Waals surface area contributed by atoms with Crippen LogP contribution in [-0.4, -0.2) is 41.1 Å². The fraction of sp³-hybridized carbons (Fsp3) is 0.778. The highest BCUT2D eigenvalue weighted by molar-refractivity contribution is 6.39. The lowest BCUT2D eigenvalue weighted by atomic mass is 9.76. The van der Waals surface area contributed by atoms with Gasteiger partial charge in [0.05, 0.1) is 6.61 Å². The van der Waals surface area contributed by atoms with Crippen molar-refractivity contribution in [2.24, 2.45) is 0 Å². The molecule has 3 aliphatic heterocycles. The molecule has 2 unspecified atom stereocenters. The zero-order valence-corrected chi connectivity index (χ0v) is 8.90. The Morgan fingerprint density at radius 3 is 2.53 bits per heavy atom.